The number of hydrogen-bond donors (Lipinski definition) is 1. The van der Waals surface area contributed by atoms with Gasteiger partial charge < -0.3 is 4.98 Å². The average Bonchev–Trinajstić information content (AvgIpc) is 2.83. The molecule has 0 bridgehead atoms. The molecule has 0 atom stereocenters. The van der Waals surface area contributed by atoms with Crippen molar-refractivity contribution in [2.24, 2.45) is 7.05 Å². The van der Waals surface area contributed by atoms with Gasteiger partial charge in [-0.05, 0) is 24.3 Å². The number of benzene rings is 1. The summed E-state index contributed by atoms with van der Waals surface area (Å²) in [6.07, 6.45) is 4.31. The van der Waals surface area contributed by atoms with E-state index >= 15 is 0 Å². The molecule has 18 heavy (non-hydrogen) atoms. The summed E-state index contributed by atoms with van der Waals surface area (Å²) in [5.74, 6) is 0. The van der Waals surface area contributed by atoms with Crippen molar-refractivity contribution >= 4 is 28.9 Å². The molecule has 0 spiro atoms. The van der Waals surface area contributed by atoms with Crippen LogP contribution in [0.15, 0.2) is 42.6 Å². The van der Waals surface area contributed by atoms with Crippen LogP contribution in [0.1, 0.15) is 0 Å². The molecule has 0 radical (unpaired) electrons. The summed E-state index contributed by atoms with van der Waals surface area (Å²) in [7, 11) is 1.99. The number of H-pyrrole nitrogens is 1. The third-order valence-electron chi connectivity index (χ3n) is 3.08. The van der Waals surface area contributed by atoms with E-state index in [1.54, 1.807) is 6.08 Å². The van der Waals surface area contributed by atoms with Crippen molar-refractivity contribution in [3.05, 3.63) is 47.9 Å². The molecule has 1 aromatic carbocycles. The first-order valence-electron chi connectivity index (χ1n) is 5.74. The minimum absolute atomic E-state index is 0.798. The molecule has 90 valence electrons. The third kappa shape index (κ3) is 1.50. The number of aryl methyl sites for hydroxylation is 1. The second kappa shape index (κ2) is 4.07. The monoisotopic (exact) mass is 239 g/mol. The Balaban J connectivity index is 2.70. The lowest BCUT2D eigenvalue weighted by Crippen LogP contribution is -2.08. The number of fused-ring (bicyclic) bond motifs is 2. The molecular formula is C14H13N3O. The number of para-hydroxylation sites is 2. The number of aromatic nitrogens is 3. The van der Waals surface area contributed by atoms with E-state index in [1.165, 1.54) is 0 Å². The number of carbonyl (C=O) groups excluding carboxylic acids is 1. The van der Waals surface area contributed by atoms with Gasteiger partial charge in [0, 0.05) is 19.3 Å². The van der Waals surface area contributed by atoms with E-state index in [4.69, 9.17) is 0 Å². The number of aldehydes is 1. The van der Waals surface area contributed by atoms with E-state index in [9.17, 15) is 4.79 Å². The number of nitrogens with zero attached hydrogens (tertiary/aromatic N) is 2. The van der Waals surface area contributed by atoms with Crippen LogP contribution in [0.2, 0.25) is 0 Å². The van der Waals surface area contributed by atoms with Crippen LogP contribution in [-0.2, 0) is 11.8 Å². The predicted octanol–water partition coefficient (Wildman–Crippen LogP) is 1.58. The van der Waals surface area contributed by atoms with Gasteiger partial charge in [-0.15, -0.1) is 0 Å². The second-order valence-corrected chi connectivity index (χ2v) is 4.12. The Morgan fingerprint density at radius 2 is 1.89 bits per heavy atom. The fourth-order valence-corrected chi connectivity index (χ4v) is 2.23. The third-order valence-corrected chi connectivity index (χ3v) is 3.08. The predicted molar refractivity (Wildman–Crippen MR) is 71.6 cm³/mol. The van der Waals surface area contributed by atoms with Gasteiger partial charge in [-0.25, -0.2) is 0 Å². The molecule has 2 heterocycles. The first kappa shape index (κ1) is 10.7. The van der Waals surface area contributed by atoms with E-state index in [-0.39, 0.29) is 0 Å². The molecule has 1 N–H and O–H groups in total. The van der Waals surface area contributed by atoms with Crippen molar-refractivity contribution in [2.75, 3.05) is 0 Å². The van der Waals surface area contributed by atoms with Crippen molar-refractivity contribution < 1.29 is 4.79 Å². The number of carbonyl (C=O) groups is 1. The zero-order chi connectivity index (χ0) is 12.5. The van der Waals surface area contributed by atoms with Gasteiger partial charge in [0.25, 0.3) is 0 Å². The first-order chi connectivity index (χ1) is 8.81. The molecule has 0 aliphatic rings. The van der Waals surface area contributed by atoms with Gasteiger partial charge in [0.1, 0.15) is 6.29 Å². The maximum atomic E-state index is 10.8. The average molecular weight is 239 g/mol. The minimum atomic E-state index is 0.798. The second-order valence-electron chi connectivity index (χ2n) is 4.12. The Labute approximate surface area is 103 Å². The molecule has 0 aliphatic heterocycles. The Kier molecular flexibility index (Phi) is 2.41. The smallest absolute Gasteiger partial charge is 0.144 e. The summed E-state index contributed by atoms with van der Waals surface area (Å²) in [4.78, 5) is 14.1. The van der Waals surface area contributed by atoms with Gasteiger partial charge >= 0.3 is 0 Å². The first-order valence-corrected chi connectivity index (χ1v) is 5.74. The van der Waals surface area contributed by atoms with Crippen LogP contribution >= 0.6 is 0 Å². The molecule has 4 heteroatoms. The Bertz CT molecular complexity index is 818. The maximum Gasteiger partial charge on any atom is 0.144 e. The van der Waals surface area contributed by atoms with Gasteiger partial charge in [0.15, 0.2) is 0 Å². The van der Waals surface area contributed by atoms with Gasteiger partial charge in [0.2, 0.25) is 0 Å². The molecule has 0 fully saturated rings. The van der Waals surface area contributed by atoms with Crippen molar-refractivity contribution in [2.45, 2.75) is 0 Å². The molecular weight excluding hydrogens is 226 g/mol. The molecule has 0 saturated carbocycles. The summed E-state index contributed by atoms with van der Waals surface area (Å²) < 4.78 is 4.05. The molecule has 2 aromatic heterocycles. The molecule has 3 aromatic rings. The number of aromatic amines is 1. The quantitative estimate of drug-likeness (QED) is 0.644. The molecule has 3 rings (SSSR count). The fraction of sp³-hybridized carbons (Fsp3) is 0.0714. The van der Waals surface area contributed by atoms with Crippen LogP contribution < -0.4 is 5.35 Å². The van der Waals surface area contributed by atoms with Gasteiger partial charge in [-0.3, -0.25) is 14.0 Å². The highest BCUT2D eigenvalue weighted by Crippen LogP contribution is 2.08. The summed E-state index contributed by atoms with van der Waals surface area (Å²) in [6.45, 7) is 0. The zero-order valence-electron chi connectivity index (χ0n) is 10.00. The molecule has 4 nitrogen and oxygen atoms in total. The van der Waals surface area contributed by atoms with Crippen molar-refractivity contribution in [1.29, 1.82) is 0 Å². The topological polar surface area (TPSA) is 42.2 Å². The highest BCUT2D eigenvalue weighted by atomic mass is 16.1. The largest absolute Gasteiger partial charge is 0.352 e. The van der Waals surface area contributed by atoms with Gasteiger partial charge in [-0.2, -0.15) is 0 Å². The van der Waals surface area contributed by atoms with Crippen LogP contribution in [0.25, 0.3) is 22.6 Å². The van der Waals surface area contributed by atoms with E-state index in [0.717, 1.165) is 28.2 Å². The van der Waals surface area contributed by atoms with Crippen LogP contribution in [0.3, 0.4) is 0 Å². The highest BCUT2D eigenvalue weighted by Gasteiger charge is 2.00. The fourth-order valence-electron chi connectivity index (χ4n) is 2.23. The van der Waals surface area contributed by atoms with E-state index in [1.807, 2.05) is 58.8 Å². The van der Waals surface area contributed by atoms with Crippen LogP contribution in [0.5, 0.6) is 0 Å². The van der Waals surface area contributed by atoms with Crippen molar-refractivity contribution in [1.82, 2.24) is 14.2 Å². The summed E-state index contributed by atoms with van der Waals surface area (Å²) in [5, 5.41) is 0.798. The Hall–Kier alpha value is -2.49. The van der Waals surface area contributed by atoms with Gasteiger partial charge in [-0.1, -0.05) is 12.1 Å². The standard InChI is InChI=1S/C14H13N3O/c1-16-13-6-3-2-5-11(13)15-12(8-10-18)14-7-4-9-17(14)16/h2-10,15H,1H3/b12-8+. The SMILES string of the molecule is Cn1c2ccccc2[nH]/c(=C/C=O)c2cccn21. The number of rotatable bonds is 1. The summed E-state index contributed by atoms with van der Waals surface area (Å²) in [5.41, 5.74) is 3.00. The van der Waals surface area contributed by atoms with E-state index < -0.39 is 0 Å². The van der Waals surface area contributed by atoms with Crippen LogP contribution in [0.4, 0.5) is 0 Å². The Morgan fingerprint density at radius 1 is 1.11 bits per heavy atom. The minimum Gasteiger partial charge on any atom is -0.352 e. The summed E-state index contributed by atoms with van der Waals surface area (Å²) >= 11 is 0. The van der Waals surface area contributed by atoms with Crippen LogP contribution in [-0.4, -0.2) is 20.5 Å². The zero-order valence-corrected chi connectivity index (χ0v) is 10.00. The van der Waals surface area contributed by atoms with Crippen molar-refractivity contribution in [3.63, 3.8) is 0 Å². The molecule has 0 unspecified atom stereocenters. The highest BCUT2D eigenvalue weighted by molar-refractivity contribution is 5.88. The lowest BCUT2D eigenvalue weighted by atomic mass is 10.3. The van der Waals surface area contributed by atoms with Crippen LogP contribution in [0, 0.1) is 0 Å². The van der Waals surface area contributed by atoms with E-state index in [2.05, 4.69) is 4.98 Å². The van der Waals surface area contributed by atoms with E-state index in [0.29, 0.717) is 0 Å². The lowest BCUT2D eigenvalue weighted by Gasteiger charge is -2.02. The molecule has 0 amide bonds. The van der Waals surface area contributed by atoms with Gasteiger partial charge in [0.05, 0.1) is 21.9 Å². The summed E-state index contributed by atoms with van der Waals surface area (Å²) in [6, 6.07) is 11.9. The lowest BCUT2D eigenvalue weighted by molar-refractivity contribution is -0.103. The van der Waals surface area contributed by atoms with Crippen molar-refractivity contribution in [3.8, 4) is 0 Å². The molecule has 0 saturated heterocycles. The number of hydrogen-bond acceptors (Lipinski definition) is 1. The molecule has 0 aliphatic carbocycles. The normalized spacial score (nSPS) is 12.2. The number of nitrogens with one attached hydrogen (secondary N) is 1. The Morgan fingerprint density at radius 3 is 2.72 bits per heavy atom. The maximum absolute atomic E-state index is 10.8.